The molecular formula is C9H10ClF2NO. The molecule has 0 heterocycles. The van der Waals surface area contributed by atoms with E-state index in [1.165, 1.54) is 0 Å². The van der Waals surface area contributed by atoms with Gasteiger partial charge in [0.25, 0.3) is 0 Å². The molecule has 1 atom stereocenters. The first-order valence-corrected chi connectivity index (χ1v) is 4.38. The fourth-order valence-electron chi connectivity index (χ4n) is 1.01. The molecule has 1 aromatic carbocycles. The average Bonchev–Trinajstić information content (AvgIpc) is 2.14. The van der Waals surface area contributed by atoms with Gasteiger partial charge in [-0.1, -0.05) is 23.7 Å². The molecule has 1 aromatic rings. The van der Waals surface area contributed by atoms with Gasteiger partial charge in [0.05, 0.1) is 12.6 Å². The second kappa shape index (κ2) is 5.24. The van der Waals surface area contributed by atoms with Crippen LogP contribution in [0.3, 0.4) is 0 Å². The highest BCUT2D eigenvalue weighted by molar-refractivity contribution is 6.30. The van der Waals surface area contributed by atoms with Crippen LogP contribution in [0.25, 0.3) is 0 Å². The summed E-state index contributed by atoms with van der Waals surface area (Å²) in [7, 11) is 0. The van der Waals surface area contributed by atoms with Crippen molar-refractivity contribution in [3.63, 3.8) is 0 Å². The van der Waals surface area contributed by atoms with Crippen molar-refractivity contribution in [2.24, 2.45) is 5.73 Å². The third kappa shape index (κ3) is 3.57. The molecule has 0 aliphatic heterocycles. The van der Waals surface area contributed by atoms with Crippen molar-refractivity contribution in [1.82, 2.24) is 0 Å². The van der Waals surface area contributed by atoms with Crippen LogP contribution in [-0.2, 0) is 4.74 Å². The normalized spacial score (nSPS) is 13.2. The zero-order chi connectivity index (χ0) is 10.6. The van der Waals surface area contributed by atoms with Gasteiger partial charge in [-0.3, -0.25) is 0 Å². The van der Waals surface area contributed by atoms with Crippen LogP contribution in [0.15, 0.2) is 24.3 Å². The zero-order valence-corrected chi connectivity index (χ0v) is 8.05. The van der Waals surface area contributed by atoms with Crippen LogP contribution in [0.5, 0.6) is 0 Å². The molecular weight excluding hydrogens is 212 g/mol. The molecule has 0 aliphatic rings. The maximum atomic E-state index is 11.7. The van der Waals surface area contributed by atoms with E-state index in [1.54, 1.807) is 24.3 Å². The Bertz CT molecular complexity index is 296. The van der Waals surface area contributed by atoms with E-state index in [4.69, 9.17) is 17.3 Å². The van der Waals surface area contributed by atoms with E-state index in [0.29, 0.717) is 10.6 Å². The lowest BCUT2D eigenvalue weighted by molar-refractivity contribution is -0.132. The number of ether oxygens (including phenoxy) is 1. The van der Waals surface area contributed by atoms with Crippen molar-refractivity contribution >= 4 is 11.6 Å². The lowest BCUT2D eigenvalue weighted by Gasteiger charge is -2.12. The Kier molecular flexibility index (Phi) is 4.25. The third-order valence-corrected chi connectivity index (χ3v) is 1.91. The Morgan fingerprint density at radius 2 is 2.14 bits per heavy atom. The lowest BCUT2D eigenvalue weighted by atomic mass is 10.1. The molecule has 2 N–H and O–H groups in total. The third-order valence-electron chi connectivity index (χ3n) is 1.68. The van der Waals surface area contributed by atoms with E-state index in [9.17, 15) is 8.78 Å². The molecule has 78 valence electrons. The summed E-state index contributed by atoms with van der Waals surface area (Å²) < 4.78 is 27.5. The minimum Gasteiger partial charge on any atom is -0.322 e. The molecule has 0 radical (unpaired) electrons. The summed E-state index contributed by atoms with van der Waals surface area (Å²) in [4.78, 5) is 0. The fourth-order valence-corrected chi connectivity index (χ4v) is 1.21. The van der Waals surface area contributed by atoms with Crippen LogP contribution in [0, 0.1) is 0 Å². The Balaban J connectivity index is 2.56. The first-order chi connectivity index (χ1) is 6.59. The van der Waals surface area contributed by atoms with Crippen LogP contribution in [-0.4, -0.2) is 13.2 Å². The van der Waals surface area contributed by atoms with Gasteiger partial charge in [-0.25, -0.2) is 0 Å². The van der Waals surface area contributed by atoms with E-state index in [0.717, 1.165) is 0 Å². The summed E-state index contributed by atoms with van der Waals surface area (Å²) in [5, 5.41) is 0.523. The number of halogens is 3. The van der Waals surface area contributed by atoms with Gasteiger partial charge in [0.15, 0.2) is 0 Å². The summed E-state index contributed by atoms with van der Waals surface area (Å²) in [6.07, 6.45) is 0. The summed E-state index contributed by atoms with van der Waals surface area (Å²) in [5.74, 6) is 0. The second-order valence-electron chi connectivity index (χ2n) is 2.76. The number of alkyl halides is 2. The largest absolute Gasteiger partial charge is 0.345 e. The molecule has 0 saturated carbocycles. The van der Waals surface area contributed by atoms with E-state index in [1.807, 2.05) is 0 Å². The molecule has 0 fully saturated rings. The Morgan fingerprint density at radius 3 is 2.71 bits per heavy atom. The van der Waals surface area contributed by atoms with Crippen LogP contribution in [0.1, 0.15) is 11.6 Å². The molecule has 14 heavy (non-hydrogen) atoms. The van der Waals surface area contributed by atoms with Crippen molar-refractivity contribution in [2.45, 2.75) is 12.7 Å². The van der Waals surface area contributed by atoms with Crippen molar-refractivity contribution in [3.8, 4) is 0 Å². The van der Waals surface area contributed by atoms with E-state index >= 15 is 0 Å². The predicted octanol–water partition coefficient (Wildman–Crippen LogP) is 2.58. The zero-order valence-electron chi connectivity index (χ0n) is 7.29. The maximum Gasteiger partial charge on any atom is 0.345 e. The monoisotopic (exact) mass is 221 g/mol. The summed E-state index contributed by atoms with van der Waals surface area (Å²) >= 11 is 5.71. The molecule has 2 nitrogen and oxygen atoms in total. The van der Waals surface area contributed by atoms with Gasteiger partial charge in [0.2, 0.25) is 0 Å². The minimum absolute atomic E-state index is 0.224. The first kappa shape index (κ1) is 11.4. The molecule has 1 rings (SSSR count). The average molecular weight is 222 g/mol. The molecule has 5 heteroatoms. The highest BCUT2D eigenvalue weighted by atomic mass is 35.5. The SMILES string of the molecule is NC(COC(F)F)c1cccc(Cl)c1. The van der Waals surface area contributed by atoms with Crippen molar-refractivity contribution in [2.75, 3.05) is 6.61 Å². The summed E-state index contributed by atoms with van der Waals surface area (Å²) in [6.45, 7) is -3.02. The topological polar surface area (TPSA) is 35.2 Å². The maximum absolute atomic E-state index is 11.7. The van der Waals surface area contributed by atoms with E-state index in [2.05, 4.69) is 4.74 Å². The van der Waals surface area contributed by atoms with Gasteiger partial charge in [0.1, 0.15) is 0 Å². The Hall–Kier alpha value is -0.710. The Morgan fingerprint density at radius 1 is 1.43 bits per heavy atom. The number of hydrogen-bond acceptors (Lipinski definition) is 2. The predicted molar refractivity (Wildman–Crippen MR) is 50.3 cm³/mol. The highest BCUT2D eigenvalue weighted by Gasteiger charge is 2.09. The van der Waals surface area contributed by atoms with Gasteiger partial charge in [0, 0.05) is 5.02 Å². The highest BCUT2D eigenvalue weighted by Crippen LogP contribution is 2.16. The van der Waals surface area contributed by atoms with Crippen LogP contribution >= 0.6 is 11.6 Å². The number of benzene rings is 1. The summed E-state index contributed by atoms with van der Waals surface area (Å²) in [6, 6.07) is 6.15. The van der Waals surface area contributed by atoms with Crippen LogP contribution in [0.4, 0.5) is 8.78 Å². The molecule has 0 spiro atoms. The van der Waals surface area contributed by atoms with Crippen molar-refractivity contribution < 1.29 is 13.5 Å². The fraction of sp³-hybridized carbons (Fsp3) is 0.333. The van der Waals surface area contributed by atoms with Crippen LogP contribution < -0.4 is 5.73 Å². The number of rotatable bonds is 4. The minimum atomic E-state index is -2.79. The van der Waals surface area contributed by atoms with Crippen molar-refractivity contribution in [1.29, 1.82) is 0 Å². The van der Waals surface area contributed by atoms with Crippen LogP contribution in [0.2, 0.25) is 5.02 Å². The molecule has 1 unspecified atom stereocenters. The number of nitrogens with two attached hydrogens (primary N) is 1. The molecule has 0 saturated heterocycles. The Labute approximate surface area is 85.6 Å². The quantitative estimate of drug-likeness (QED) is 0.848. The lowest BCUT2D eigenvalue weighted by Crippen LogP contribution is -2.18. The van der Waals surface area contributed by atoms with E-state index < -0.39 is 12.7 Å². The summed E-state index contributed by atoms with van der Waals surface area (Å²) in [5.41, 5.74) is 6.27. The van der Waals surface area contributed by atoms with Gasteiger partial charge < -0.3 is 10.5 Å². The van der Waals surface area contributed by atoms with Gasteiger partial charge in [-0.2, -0.15) is 8.78 Å². The molecule has 0 amide bonds. The van der Waals surface area contributed by atoms with Gasteiger partial charge >= 0.3 is 6.61 Å². The molecule has 0 aliphatic carbocycles. The smallest absolute Gasteiger partial charge is 0.322 e. The van der Waals surface area contributed by atoms with Gasteiger partial charge in [-0.05, 0) is 17.7 Å². The van der Waals surface area contributed by atoms with Gasteiger partial charge in [-0.15, -0.1) is 0 Å². The number of hydrogen-bond donors (Lipinski definition) is 1. The second-order valence-corrected chi connectivity index (χ2v) is 3.19. The molecule has 0 bridgehead atoms. The molecule has 0 aromatic heterocycles. The first-order valence-electron chi connectivity index (χ1n) is 4.00. The van der Waals surface area contributed by atoms with E-state index in [-0.39, 0.29) is 6.61 Å². The van der Waals surface area contributed by atoms with Crippen molar-refractivity contribution in [3.05, 3.63) is 34.9 Å². The standard InChI is InChI=1S/C9H10ClF2NO/c10-7-3-1-2-6(4-7)8(13)5-14-9(11)12/h1-4,8-9H,5,13H2.